The smallest absolute Gasteiger partial charge is 0.187 e. The van der Waals surface area contributed by atoms with Crippen LogP contribution in [0.1, 0.15) is 25.5 Å². The third-order valence-corrected chi connectivity index (χ3v) is 3.23. The third-order valence-electron chi connectivity index (χ3n) is 2.45. The van der Waals surface area contributed by atoms with Crippen molar-refractivity contribution in [3.8, 4) is 5.75 Å². The molecule has 0 saturated heterocycles. The first-order valence-corrected chi connectivity index (χ1v) is 6.43. The summed E-state index contributed by atoms with van der Waals surface area (Å²) in [5.74, 6) is 1.33. The van der Waals surface area contributed by atoms with Crippen LogP contribution >= 0.6 is 11.3 Å². The summed E-state index contributed by atoms with van der Waals surface area (Å²) in [6.07, 6.45) is 0. The molecule has 4 heteroatoms. The molecule has 0 fully saturated rings. The molecule has 3 nitrogen and oxygen atoms in total. The van der Waals surface area contributed by atoms with Gasteiger partial charge >= 0.3 is 0 Å². The summed E-state index contributed by atoms with van der Waals surface area (Å²) in [5.41, 5.74) is 2.15. The van der Waals surface area contributed by atoms with Gasteiger partial charge in [0.25, 0.3) is 0 Å². The standard InChI is InChI=1S/C13H16N2OS/c1-9(2)12-8-17-13(15-12)14-10-4-6-11(16-3)7-5-10/h4-9H,1-3H3,(H,14,15). The highest BCUT2D eigenvalue weighted by atomic mass is 32.1. The number of benzene rings is 1. The number of rotatable bonds is 4. The van der Waals surface area contributed by atoms with E-state index in [1.54, 1.807) is 18.4 Å². The first-order valence-electron chi connectivity index (χ1n) is 5.55. The summed E-state index contributed by atoms with van der Waals surface area (Å²) in [7, 11) is 1.66. The molecule has 0 bridgehead atoms. The van der Waals surface area contributed by atoms with Crippen molar-refractivity contribution in [2.24, 2.45) is 0 Å². The molecule has 2 rings (SSSR count). The maximum absolute atomic E-state index is 5.11. The number of ether oxygens (including phenoxy) is 1. The number of thiazole rings is 1. The molecule has 0 saturated carbocycles. The van der Waals surface area contributed by atoms with Crippen molar-refractivity contribution < 1.29 is 4.74 Å². The summed E-state index contributed by atoms with van der Waals surface area (Å²) >= 11 is 1.63. The van der Waals surface area contributed by atoms with Gasteiger partial charge in [0.15, 0.2) is 5.13 Å². The molecule has 2 aromatic rings. The number of methoxy groups -OCH3 is 1. The quantitative estimate of drug-likeness (QED) is 0.887. The predicted molar refractivity (Wildman–Crippen MR) is 72.5 cm³/mol. The van der Waals surface area contributed by atoms with E-state index in [0.29, 0.717) is 5.92 Å². The molecule has 90 valence electrons. The van der Waals surface area contributed by atoms with Crippen molar-refractivity contribution in [1.82, 2.24) is 4.98 Å². The second-order valence-corrected chi connectivity index (χ2v) is 4.94. The Hall–Kier alpha value is -1.55. The molecule has 0 aliphatic carbocycles. The number of anilines is 2. The monoisotopic (exact) mass is 248 g/mol. The Labute approximate surface area is 105 Å². The summed E-state index contributed by atoms with van der Waals surface area (Å²) < 4.78 is 5.11. The molecule has 0 aliphatic rings. The minimum atomic E-state index is 0.470. The van der Waals surface area contributed by atoms with Crippen LogP contribution in [0.15, 0.2) is 29.6 Å². The van der Waals surface area contributed by atoms with Crippen molar-refractivity contribution in [1.29, 1.82) is 0 Å². The number of hydrogen-bond donors (Lipinski definition) is 1. The Morgan fingerprint density at radius 1 is 1.24 bits per heavy atom. The molecule has 17 heavy (non-hydrogen) atoms. The van der Waals surface area contributed by atoms with Gasteiger partial charge in [0.1, 0.15) is 5.75 Å². The Morgan fingerprint density at radius 2 is 1.94 bits per heavy atom. The average Bonchev–Trinajstić information content (AvgIpc) is 2.79. The van der Waals surface area contributed by atoms with E-state index in [4.69, 9.17) is 4.74 Å². The maximum Gasteiger partial charge on any atom is 0.187 e. The lowest BCUT2D eigenvalue weighted by molar-refractivity contribution is 0.415. The van der Waals surface area contributed by atoms with Crippen LogP contribution < -0.4 is 10.1 Å². The number of nitrogens with zero attached hydrogens (tertiary/aromatic N) is 1. The molecule has 1 aromatic heterocycles. The summed E-state index contributed by atoms with van der Waals surface area (Å²) in [6, 6.07) is 7.82. The highest BCUT2D eigenvalue weighted by Crippen LogP contribution is 2.25. The van der Waals surface area contributed by atoms with Gasteiger partial charge in [0.05, 0.1) is 12.8 Å². The summed E-state index contributed by atoms with van der Waals surface area (Å²) in [4.78, 5) is 4.52. The van der Waals surface area contributed by atoms with Crippen molar-refractivity contribution in [2.45, 2.75) is 19.8 Å². The number of aromatic nitrogens is 1. The van der Waals surface area contributed by atoms with E-state index in [1.807, 2.05) is 24.3 Å². The van der Waals surface area contributed by atoms with Crippen LogP contribution in [0.4, 0.5) is 10.8 Å². The first-order chi connectivity index (χ1) is 8.19. The lowest BCUT2D eigenvalue weighted by Gasteiger charge is -2.04. The van der Waals surface area contributed by atoms with Crippen LogP contribution in [0.5, 0.6) is 5.75 Å². The lowest BCUT2D eigenvalue weighted by Crippen LogP contribution is -1.92. The average molecular weight is 248 g/mol. The fourth-order valence-electron chi connectivity index (χ4n) is 1.41. The molecule has 0 amide bonds. The molecular formula is C13H16N2OS. The van der Waals surface area contributed by atoms with Gasteiger partial charge in [-0.3, -0.25) is 0 Å². The Morgan fingerprint density at radius 3 is 2.47 bits per heavy atom. The summed E-state index contributed by atoms with van der Waals surface area (Å²) in [6.45, 7) is 4.29. The van der Waals surface area contributed by atoms with Crippen molar-refractivity contribution >= 4 is 22.2 Å². The molecule has 1 heterocycles. The molecule has 1 aromatic carbocycles. The van der Waals surface area contributed by atoms with Gasteiger partial charge in [-0.25, -0.2) is 4.98 Å². The highest BCUT2D eigenvalue weighted by Gasteiger charge is 2.05. The normalized spacial score (nSPS) is 10.6. The Bertz CT molecular complexity index is 476. The van der Waals surface area contributed by atoms with Crippen LogP contribution in [-0.4, -0.2) is 12.1 Å². The molecule has 0 radical (unpaired) electrons. The van der Waals surface area contributed by atoms with E-state index in [1.165, 1.54) is 0 Å². The summed E-state index contributed by atoms with van der Waals surface area (Å²) in [5, 5.41) is 6.31. The SMILES string of the molecule is COc1ccc(Nc2nc(C(C)C)cs2)cc1. The highest BCUT2D eigenvalue weighted by molar-refractivity contribution is 7.13. The van der Waals surface area contributed by atoms with Gasteiger partial charge in [0.2, 0.25) is 0 Å². The van der Waals surface area contributed by atoms with Gasteiger partial charge in [-0.2, -0.15) is 0 Å². The first kappa shape index (κ1) is 11.9. The van der Waals surface area contributed by atoms with Crippen molar-refractivity contribution in [3.05, 3.63) is 35.3 Å². The largest absolute Gasteiger partial charge is 0.497 e. The molecule has 0 unspecified atom stereocenters. The fraction of sp³-hybridized carbons (Fsp3) is 0.308. The zero-order valence-electron chi connectivity index (χ0n) is 10.2. The van der Waals surface area contributed by atoms with E-state index in [-0.39, 0.29) is 0 Å². The Balaban J connectivity index is 2.08. The van der Waals surface area contributed by atoms with Gasteiger partial charge in [-0.15, -0.1) is 11.3 Å². The van der Waals surface area contributed by atoms with Crippen LogP contribution in [0.3, 0.4) is 0 Å². The fourth-order valence-corrected chi connectivity index (χ4v) is 2.30. The van der Waals surface area contributed by atoms with E-state index in [9.17, 15) is 0 Å². The second-order valence-electron chi connectivity index (χ2n) is 4.09. The van der Waals surface area contributed by atoms with E-state index < -0.39 is 0 Å². The van der Waals surface area contributed by atoms with E-state index >= 15 is 0 Å². The van der Waals surface area contributed by atoms with Crippen LogP contribution in [0.25, 0.3) is 0 Å². The number of hydrogen-bond acceptors (Lipinski definition) is 4. The van der Waals surface area contributed by atoms with E-state index in [2.05, 4.69) is 29.5 Å². The zero-order valence-corrected chi connectivity index (χ0v) is 11.0. The van der Waals surface area contributed by atoms with Gasteiger partial charge in [0, 0.05) is 11.1 Å². The van der Waals surface area contributed by atoms with Crippen LogP contribution in [0.2, 0.25) is 0 Å². The maximum atomic E-state index is 5.11. The molecule has 0 aliphatic heterocycles. The minimum Gasteiger partial charge on any atom is -0.497 e. The van der Waals surface area contributed by atoms with E-state index in [0.717, 1.165) is 22.3 Å². The number of nitrogens with one attached hydrogen (secondary N) is 1. The van der Waals surface area contributed by atoms with Gasteiger partial charge in [-0.05, 0) is 30.2 Å². The zero-order chi connectivity index (χ0) is 12.3. The van der Waals surface area contributed by atoms with Crippen molar-refractivity contribution in [2.75, 3.05) is 12.4 Å². The molecule has 0 atom stereocenters. The topological polar surface area (TPSA) is 34.1 Å². The second kappa shape index (κ2) is 5.19. The third kappa shape index (κ3) is 2.97. The molecular weight excluding hydrogens is 232 g/mol. The van der Waals surface area contributed by atoms with Crippen molar-refractivity contribution in [3.63, 3.8) is 0 Å². The van der Waals surface area contributed by atoms with Crippen LogP contribution in [0, 0.1) is 0 Å². The Kier molecular flexibility index (Phi) is 3.64. The lowest BCUT2D eigenvalue weighted by atomic mass is 10.2. The van der Waals surface area contributed by atoms with Gasteiger partial charge in [-0.1, -0.05) is 13.8 Å². The van der Waals surface area contributed by atoms with Crippen LogP contribution in [-0.2, 0) is 0 Å². The minimum absolute atomic E-state index is 0.470. The van der Waals surface area contributed by atoms with Gasteiger partial charge < -0.3 is 10.1 Å². The predicted octanol–water partition coefficient (Wildman–Crippen LogP) is 4.02. The molecule has 1 N–H and O–H groups in total. The molecule has 0 spiro atoms.